The highest BCUT2D eigenvalue weighted by Crippen LogP contribution is 2.21. The molecular weight excluding hydrogens is 402 g/mol. The molecule has 0 saturated carbocycles. The van der Waals surface area contributed by atoms with Crippen molar-refractivity contribution in [1.82, 2.24) is 0 Å². The summed E-state index contributed by atoms with van der Waals surface area (Å²) in [4.78, 5) is 12.3. The van der Waals surface area contributed by atoms with E-state index in [-0.39, 0.29) is 5.78 Å². The van der Waals surface area contributed by atoms with Crippen LogP contribution in [0, 0.1) is 0 Å². The van der Waals surface area contributed by atoms with Gasteiger partial charge in [-0.15, -0.1) is 0 Å². The van der Waals surface area contributed by atoms with Crippen LogP contribution in [-0.2, 0) is 0 Å². The van der Waals surface area contributed by atoms with Gasteiger partial charge in [-0.2, -0.15) is 10.2 Å². The van der Waals surface area contributed by atoms with E-state index in [0.717, 1.165) is 27.2 Å². The van der Waals surface area contributed by atoms with Crippen LogP contribution in [0.5, 0.6) is 0 Å². The van der Waals surface area contributed by atoms with Crippen molar-refractivity contribution in [3.8, 4) is 0 Å². The molecule has 134 valence electrons. The van der Waals surface area contributed by atoms with Gasteiger partial charge in [0.2, 0.25) is 0 Å². The summed E-state index contributed by atoms with van der Waals surface area (Å²) in [5.41, 5.74) is 3.87. The number of benzene rings is 3. The van der Waals surface area contributed by atoms with Crippen molar-refractivity contribution >= 4 is 38.8 Å². The molecule has 0 atom stereocenters. The van der Waals surface area contributed by atoms with Gasteiger partial charge in [0.05, 0.1) is 11.4 Å². The van der Waals surface area contributed by atoms with E-state index in [1.807, 2.05) is 73.7 Å². The van der Waals surface area contributed by atoms with E-state index in [0.29, 0.717) is 5.56 Å². The van der Waals surface area contributed by atoms with Crippen molar-refractivity contribution in [3.05, 3.63) is 101 Å². The van der Waals surface area contributed by atoms with Crippen LogP contribution < -0.4 is 5.32 Å². The first-order valence-electron chi connectivity index (χ1n) is 8.42. The fourth-order valence-corrected chi connectivity index (χ4v) is 2.64. The molecule has 0 fully saturated rings. The Hall–Kier alpha value is -3.05. The Morgan fingerprint density at radius 1 is 0.852 bits per heavy atom. The van der Waals surface area contributed by atoms with Crippen LogP contribution in [0.1, 0.15) is 17.3 Å². The van der Waals surface area contributed by atoms with E-state index in [4.69, 9.17) is 0 Å². The number of allylic oxidation sites excluding steroid dienone is 2. The second-order valence-corrected chi connectivity index (χ2v) is 6.82. The van der Waals surface area contributed by atoms with Crippen LogP contribution in [-0.4, -0.2) is 5.78 Å². The van der Waals surface area contributed by atoms with Crippen LogP contribution in [0.2, 0.25) is 0 Å². The number of carbonyl (C=O) groups is 1. The predicted molar refractivity (Wildman–Crippen MR) is 113 cm³/mol. The Morgan fingerprint density at radius 2 is 1.44 bits per heavy atom. The van der Waals surface area contributed by atoms with E-state index in [1.165, 1.54) is 0 Å². The summed E-state index contributed by atoms with van der Waals surface area (Å²) in [6, 6.07) is 24.4. The zero-order chi connectivity index (χ0) is 19.1. The molecule has 3 rings (SSSR count). The van der Waals surface area contributed by atoms with Gasteiger partial charge in [0.1, 0.15) is 0 Å². The summed E-state index contributed by atoms with van der Waals surface area (Å²) in [6.07, 6.45) is 1.59. The number of rotatable bonds is 6. The second-order valence-electron chi connectivity index (χ2n) is 5.91. The predicted octanol–water partition coefficient (Wildman–Crippen LogP) is 7.06. The largest absolute Gasteiger partial charge is 0.359 e. The fourth-order valence-electron chi connectivity index (χ4n) is 2.38. The minimum Gasteiger partial charge on any atom is -0.359 e. The van der Waals surface area contributed by atoms with Gasteiger partial charge in [-0.05, 0) is 67.6 Å². The minimum absolute atomic E-state index is 0.0409. The number of halogens is 1. The average Bonchev–Trinajstić information content (AvgIpc) is 2.68. The van der Waals surface area contributed by atoms with Crippen molar-refractivity contribution in [2.45, 2.75) is 6.92 Å². The Balaban J connectivity index is 1.62. The van der Waals surface area contributed by atoms with Crippen molar-refractivity contribution < 1.29 is 4.79 Å². The number of anilines is 1. The monoisotopic (exact) mass is 419 g/mol. The summed E-state index contributed by atoms with van der Waals surface area (Å²) in [7, 11) is 0. The lowest BCUT2D eigenvalue weighted by atomic mass is 10.1. The van der Waals surface area contributed by atoms with Crippen LogP contribution >= 0.6 is 15.9 Å². The van der Waals surface area contributed by atoms with Crippen molar-refractivity contribution in [2.24, 2.45) is 10.2 Å². The summed E-state index contributed by atoms with van der Waals surface area (Å²) in [6.45, 7) is 1.86. The molecule has 0 saturated heterocycles. The molecule has 27 heavy (non-hydrogen) atoms. The molecule has 0 aromatic heterocycles. The van der Waals surface area contributed by atoms with Crippen molar-refractivity contribution in [1.29, 1.82) is 0 Å². The Kier molecular flexibility index (Phi) is 6.28. The summed E-state index contributed by atoms with van der Waals surface area (Å²) >= 11 is 3.37. The third-order valence-corrected chi connectivity index (χ3v) is 4.25. The van der Waals surface area contributed by atoms with Gasteiger partial charge in [0.25, 0.3) is 0 Å². The number of carbonyl (C=O) groups excluding carboxylic acids is 1. The molecule has 0 aliphatic heterocycles. The summed E-state index contributed by atoms with van der Waals surface area (Å²) < 4.78 is 0.947. The lowest BCUT2D eigenvalue weighted by Crippen LogP contribution is -2.01. The summed E-state index contributed by atoms with van der Waals surface area (Å²) in [5.74, 6) is -0.0409. The number of hydrogen-bond acceptors (Lipinski definition) is 4. The fraction of sp³-hybridized carbons (Fsp3) is 0.0455. The third kappa shape index (κ3) is 5.72. The molecule has 0 aliphatic carbocycles. The maximum atomic E-state index is 12.3. The molecular formula is C22H18BrN3O. The molecule has 0 bridgehead atoms. The van der Waals surface area contributed by atoms with Crippen molar-refractivity contribution in [2.75, 3.05) is 5.32 Å². The first-order valence-corrected chi connectivity index (χ1v) is 9.21. The summed E-state index contributed by atoms with van der Waals surface area (Å²) in [5, 5.41) is 11.6. The van der Waals surface area contributed by atoms with Gasteiger partial charge in [-0.1, -0.05) is 34.1 Å². The maximum absolute atomic E-state index is 12.3. The van der Waals surface area contributed by atoms with Crippen molar-refractivity contribution in [3.63, 3.8) is 0 Å². The molecule has 4 nitrogen and oxygen atoms in total. The number of hydrogen-bond donors (Lipinski definition) is 1. The molecule has 3 aromatic carbocycles. The Labute approximate surface area is 166 Å². The van der Waals surface area contributed by atoms with E-state index in [2.05, 4.69) is 31.5 Å². The molecule has 0 amide bonds. The zero-order valence-corrected chi connectivity index (χ0v) is 16.3. The van der Waals surface area contributed by atoms with Gasteiger partial charge in [0, 0.05) is 27.5 Å². The zero-order valence-electron chi connectivity index (χ0n) is 14.8. The van der Waals surface area contributed by atoms with Gasteiger partial charge >= 0.3 is 0 Å². The highest BCUT2D eigenvalue weighted by molar-refractivity contribution is 9.10. The molecule has 0 radical (unpaired) electrons. The van der Waals surface area contributed by atoms with Crippen LogP contribution in [0.25, 0.3) is 0 Å². The standard InChI is InChI=1S/C22H18BrN3O/c1-16(15-22(27)17-7-9-18(23)10-8-17)24-19-11-13-21(14-12-19)26-25-20-5-3-2-4-6-20/h2-15,24H,1H3/b16-15+,26-25?. The van der Waals surface area contributed by atoms with E-state index >= 15 is 0 Å². The first-order chi connectivity index (χ1) is 13.1. The van der Waals surface area contributed by atoms with Crippen LogP contribution in [0.3, 0.4) is 0 Å². The van der Waals surface area contributed by atoms with Gasteiger partial charge in [0.15, 0.2) is 5.78 Å². The lowest BCUT2D eigenvalue weighted by molar-refractivity contribution is 0.104. The SMILES string of the molecule is C/C(=C\C(=O)c1ccc(Br)cc1)Nc1ccc(N=Nc2ccccc2)cc1. The lowest BCUT2D eigenvalue weighted by Gasteiger charge is -2.06. The highest BCUT2D eigenvalue weighted by atomic mass is 79.9. The van der Waals surface area contributed by atoms with Crippen LogP contribution in [0.4, 0.5) is 17.1 Å². The first kappa shape index (κ1) is 18.7. The second kappa shape index (κ2) is 9.05. The molecule has 0 aliphatic rings. The number of ketones is 1. The molecule has 0 spiro atoms. The highest BCUT2D eigenvalue weighted by Gasteiger charge is 2.03. The van der Waals surface area contributed by atoms with Gasteiger partial charge in [-0.3, -0.25) is 4.79 Å². The molecule has 0 heterocycles. The van der Waals surface area contributed by atoms with Gasteiger partial charge in [-0.25, -0.2) is 0 Å². The maximum Gasteiger partial charge on any atom is 0.187 e. The molecule has 1 N–H and O–H groups in total. The molecule has 3 aromatic rings. The topological polar surface area (TPSA) is 53.8 Å². The number of azo groups is 1. The Morgan fingerprint density at radius 3 is 2.07 bits per heavy atom. The van der Waals surface area contributed by atoms with E-state index in [1.54, 1.807) is 18.2 Å². The minimum atomic E-state index is -0.0409. The normalized spacial score (nSPS) is 11.6. The molecule has 0 unspecified atom stereocenters. The number of nitrogens with zero attached hydrogens (tertiary/aromatic N) is 2. The van der Waals surface area contributed by atoms with Crippen LogP contribution in [0.15, 0.2) is 105 Å². The van der Waals surface area contributed by atoms with E-state index < -0.39 is 0 Å². The van der Waals surface area contributed by atoms with Gasteiger partial charge < -0.3 is 5.32 Å². The number of nitrogens with one attached hydrogen (secondary N) is 1. The average molecular weight is 420 g/mol. The van der Waals surface area contributed by atoms with E-state index in [9.17, 15) is 4.79 Å². The third-order valence-electron chi connectivity index (χ3n) is 3.72. The quantitative estimate of drug-likeness (QED) is 0.264. The smallest absolute Gasteiger partial charge is 0.187 e. The Bertz CT molecular complexity index is 963. The molecule has 5 heteroatoms.